The number of hydrogen-bond acceptors (Lipinski definition) is 4. The summed E-state index contributed by atoms with van der Waals surface area (Å²) in [7, 11) is 3.22. The molecular formula is C18H23N3O3. The van der Waals surface area contributed by atoms with Gasteiger partial charge in [-0.05, 0) is 31.2 Å². The first-order valence-electron chi connectivity index (χ1n) is 7.63. The topological polar surface area (TPSA) is 78.1 Å². The van der Waals surface area contributed by atoms with Gasteiger partial charge < -0.3 is 25.3 Å². The summed E-state index contributed by atoms with van der Waals surface area (Å²) in [6, 6.07) is 15.0. The molecule has 1 atom stereocenters. The van der Waals surface area contributed by atoms with Gasteiger partial charge in [-0.15, -0.1) is 0 Å². The second-order valence-electron chi connectivity index (χ2n) is 5.13. The molecule has 3 N–H and O–H groups in total. The van der Waals surface area contributed by atoms with E-state index in [0.29, 0.717) is 29.8 Å². The van der Waals surface area contributed by atoms with Crippen LogP contribution in [0.2, 0.25) is 0 Å². The molecule has 0 amide bonds. The zero-order valence-electron chi connectivity index (χ0n) is 14.2. The average molecular weight is 329 g/mol. The van der Waals surface area contributed by atoms with E-state index in [1.807, 2.05) is 55.5 Å². The number of nitrogens with zero attached hydrogens (tertiary/aromatic N) is 1. The number of nitrogens with one attached hydrogen (secondary N) is 1. The van der Waals surface area contributed by atoms with Crippen molar-refractivity contribution in [2.45, 2.75) is 13.0 Å². The molecule has 0 aliphatic rings. The molecule has 1 unspecified atom stereocenters. The number of guanidine groups is 1. The van der Waals surface area contributed by atoms with Crippen LogP contribution in [0.5, 0.6) is 17.2 Å². The van der Waals surface area contributed by atoms with Crippen molar-refractivity contribution in [1.82, 2.24) is 0 Å². The largest absolute Gasteiger partial charge is 0.495 e. The number of anilines is 1. The van der Waals surface area contributed by atoms with Crippen LogP contribution in [-0.4, -0.2) is 32.8 Å². The second-order valence-corrected chi connectivity index (χ2v) is 5.13. The first kappa shape index (κ1) is 17.5. The molecular weight excluding hydrogens is 306 g/mol. The summed E-state index contributed by atoms with van der Waals surface area (Å²) in [5.74, 6) is 2.37. The lowest BCUT2D eigenvalue weighted by Crippen LogP contribution is -2.26. The lowest BCUT2D eigenvalue weighted by atomic mass is 10.3. The van der Waals surface area contributed by atoms with Crippen LogP contribution < -0.4 is 25.3 Å². The van der Waals surface area contributed by atoms with E-state index in [1.54, 1.807) is 14.2 Å². The van der Waals surface area contributed by atoms with Crippen LogP contribution in [0, 0.1) is 0 Å². The standard InChI is InChI=1S/C18H23N3O3/c1-13(24-17-11-7-6-10-16(17)23-3)12-20-18(19)21-14-8-4-5-9-15(14)22-2/h4-11,13H,12H2,1-3H3,(H3,19,20,21). The molecule has 0 spiro atoms. The number of rotatable bonds is 7. The smallest absolute Gasteiger partial charge is 0.193 e. The van der Waals surface area contributed by atoms with Gasteiger partial charge in [0, 0.05) is 0 Å². The molecule has 2 aromatic carbocycles. The molecule has 2 aromatic rings. The van der Waals surface area contributed by atoms with E-state index in [-0.39, 0.29) is 6.10 Å². The maximum atomic E-state index is 5.93. The predicted octanol–water partition coefficient (Wildman–Crippen LogP) is 2.90. The van der Waals surface area contributed by atoms with Crippen molar-refractivity contribution in [3.05, 3.63) is 48.5 Å². The van der Waals surface area contributed by atoms with E-state index in [2.05, 4.69) is 10.3 Å². The number of para-hydroxylation sites is 4. The molecule has 0 fully saturated rings. The monoisotopic (exact) mass is 329 g/mol. The fraction of sp³-hybridized carbons (Fsp3) is 0.278. The number of hydrogen-bond donors (Lipinski definition) is 2. The third kappa shape index (κ3) is 4.81. The zero-order chi connectivity index (χ0) is 17.4. The van der Waals surface area contributed by atoms with Crippen LogP contribution in [0.15, 0.2) is 53.5 Å². The molecule has 0 aliphatic heterocycles. The summed E-state index contributed by atoms with van der Waals surface area (Å²) in [5, 5.41) is 3.03. The minimum absolute atomic E-state index is 0.153. The van der Waals surface area contributed by atoms with Crippen LogP contribution in [0.3, 0.4) is 0 Å². The molecule has 0 bridgehead atoms. The minimum atomic E-state index is -0.153. The summed E-state index contributed by atoms with van der Waals surface area (Å²) in [4.78, 5) is 4.31. The molecule has 128 valence electrons. The fourth-order valence-electron chi connectivity index (χ4n) is 2.12. The molecule has 6 heteroatoms. The summed E-state index contributed by atoms with van der Waals surface area (Å²) in [5.41, 5.74) is 6.69. The molecule has 0 heterocycles. The molecule has 2 rings (SSSR count). The van der Waals surface area contributed by atoms with Crippen molar-refractivity contribution in [1.29, 1.82) is 0 Å². The van der Waals surface area contributed by atoms with Gasteiger partial charge in [-0.3, -0.25) is 0 Å². The van der Waals surface area contributed by atoms with Crippen molar-refractivity contribution in [3.63, 3.8) is 0 Å². The van der Waals surface area contributed by atoms with Crippen molar-refractivity contribution in [3.8, 4) is 17.2 Å². The Labute approximate surface area is 142 Å². The SMILES string of the molecule is COc1ccccc1NC(N)=NCC(C)Oc1ccccc1OC. The predicted molar refractivity (Wildman–Crippen MR) is 96.2 cm³/mol. The van der Waals surface area contributed by atoms with Crippen LogP contribution in [0.1, 0.15) is 6.92 Å². The van der Waals surface area contributed by atoms with Gasteiger partial charge in [0.1, 0.15) is 11.9 Å². The number of ether oxygens (including phenoxy) is 3. The van der Waals surface area contributed by atoms with E-state index in [1.165, 1.54) is 0 Å². The van der Waals surface area contributed by atoms with Crippen molar-refractivity contribution < 1.29 is 14.2 Å². The normalized spacial score (nSPS) is 12.4. The van der Waals surface area contributed by atoms with Crippen molar-refractivity contribution >= 4 is 11.6 Å². The van der Waals surface area contributed by atoms with Crippen LogP contribution in [0.4, 0.5) is 5.69 Å². The highest BCUT2D eigenvalue weighted by Gasteiger charge is 2.08. The molecule has 6 nitrogen and oxygen atoms in total. The van der Waals surface area contributed by atoms with E-state index in [9.17, 15) is 0 Å². The lowest BCUT2D eigenvalue weighted by molar-refractivity contribution is 0.219. The van der Waals surface area contributed by atoms with E-state index < -0.39 is 0 Å². The Kier molecular flexibility index (Phi) is 6.31. The van der Waals surface area contributed by atoms with E-state index >= 15 is 0 Å². The Morgan fingerprint density at radius 1 is 1.00 bits per heavy atom. The number of aliphatic imine (C=N–C) groups is 1. The van der Waals surface area contributed by atoms with Crippen LogP contribution in [-0.2, 0) is 0 Å². The van der Waals surface area contributed by atoms with Gasteiger partial charge in [-0.1, -0.05) is 24.3 Å². The van der Waals surface area contributed by atoms with E-state index in [0.717, 1.165) is 5.69 Å². The highest BCUT2D eigenvalue weighted by Crippen LogP contribution is 2.27. The van der Waals surface area contributed by atoms with Crippen LogP contribution >= 0.6 is 0 Å². The zero-order valence-corrected chi connectivity index (χ0v) is 14.2. The fourth-order valence-corrected chi connectivity index (χ4v) is 2.12. The molecule has 0 aliphatic carbocycles. The van der Waals surface area contributed by atoms with Crippen molar-refractivity contribution in [2.75, 3.05) is 26.1 Å². The number of methoxy groups -OCH3 is 2. The summed E-state index contributed by atoms with van der Waals surface area (Å²) in [6.07, 6.45) is -0.153. The van der Waals surface area contributed by atoms with Crippen molar-refractivity contribution in [2.24, 2.45) is 10.7 Å². The van der Waals surface area contributed by atoms with Gasteiger partial charge in [0.15, 0.2) is 17.5 Å². The Bertz CT molecular complexity index is 689. The van der Waals surface area contributed by atoms with Gasteiger partial charge in [-0.25, -0.2) is 4.99 Å². The third-order valence-corrected chi connectivity index (χ3v) is 3.29. The van der Waals surface area contributed by atoms with E-state index in [4.69, 9.17) is 19.9 Å². The second kappa shape index (κ2) is 8.67. The molecule has 0 radical (unpaired) electrons. The summed E-state index contributed by atoms with van der Waals surface area (Å²) < 4.78 is 16.4. The van der Waals surface area contributed by atoms with Gasteiger partial charge in [0.2, 0.25) is 0 Å². The molecule has 0 saturated heterocycles. The first-order valence-corrected chi connectivity index (χ1v) is 7.63. The Balaban J connectivity index is 1.94. The minimum Gasteiger partial charge on any atom is -0.495 e. The van der Waals surface area contributed by atoms with Gasteiger partial charge in [0.25, 0.3) is 0 Å². The highest BCUT2D eigenvalue weighted by atomic mass is 16.5. The molecule has 0 aromatic heterocycles. The molecule has 24 heavy (non-hydrogen) atoms. The lowest BCUT2D eigenvalue weighted by Gasteiger charge is -2.16. The molecule has 0 saturated carbocycles. The first-order chi connectivity index (χ1) is 11.6. The Morgan fingerprint density at radius 2 is 1.58 bits per heavy atom. The quantitative estimate of drug-likeness (QED) is 0.603. The maximum Gasteiger partial charge on any atom is 0.193 e. The number of benzene rings is 2. The Hall–Kier alpha value is -2.89. The third-order valence-electron chi connectivity index (χ3n) is 3.29. The Morgan fingerprint density at radius 3 is 2.25 bits per heavy atom. The van der Waals surface area contributed by atoms with Gasteiger partial charge in [-0.2, -0.15) is 0 Å². The van der Waals surface area contributed by atoms with Gasteiger partial charge in [0.05, 0.1) is 26.5 Å². The summed E-state index contributed by atoms with van der Waals surface area (Å²) >= 11 is 0. The number of nitrogens with two attached hydrogens (primary N) is 1. The highest BCUT2D eigenvalue weighted by molar-refractivity contribution is 5.93. The van der Waals surface area contributed by atoms with Crippen LogP contribution in [0.25, 0.3) is 0 Å². The average Bonchev–Trinajstić information content (AvgIpc) is 2.61. The van der Waals surface area contributed by atoms with Gasteiger partial charge >= 0.3 is 0 Å². The maximum absolute atomic E-state index is 5.93. The summed E-state index contributed by atoms with van der Waals surface area (Å²) in [6.45, 7) is 2.33.